The highest BCUT2D eigenvalue weighted by Gasteiger charge is 2.26. The summed E-state index contributed by atoms with van der Waals surface area (Å²) in [5.74, 6) is 0.839. The second-order valence-electron chi connectivity index (χ2n) is 5.32. The van der Waals surface area contributed by atoms with Gasteiger partial charge in [0.2, 0.25) is 5.56 Å². The first kappa shape index (κ1) is 13.9. The van der Waals surface area contributed by atoms with E-state index in [1.54, 1.807) is 12.3 Å². The third-order valence-electron chi connectivity index (χ3n) is 4.08. The minimum atomic E-state index is -0.0987. The van der Waals surface area contributed by atoms with Gasteiger partial charge in [-0.3, -0.25) is 9.69 Å². The van der Waals surface area contributed by atoms with Crippen molar-refractivity contribution in [3.63, 3.8) is 0 Å². The van der Waals surface area contributed by atoms with Gasteiger partial charge in [-0.15, -0.1) is 0 Å². The second-order valence-corrected chi connectivity index (χ2v) is 5.32. The van der Waals surface area contributed by atoms with Gasteiger partial charge < -0.3 is 9.72 Å². The fourth-order valence-corrected chi connectivity index (χ4v) is 2.73. The van der Waals surface area contributed by atoms with Crippen molar-refractivity contribution in [2.75, 3.05) is 19.7 Å². The van der Waals surface area contributed by atoms with E-state index in [0.29, 0.717) is 12.6 Å². The molecule has 21 heavy (non-hydrogen) atoms. The Balaban J connectivity index is 1.78. The maximum Gasteiger partial charge on any atom is 0.248 e. The molecule has 1 fully saturated rings. The molecule has 1 aromatic carbocycles. The lowest BCUT2D eigenvalue weighted by Gasteiger charge is -2.39. The molecule has 1 atom stereocenters. The molecule has 1 aliphatic heterocycles. The molecule has 2 aromatic rings. The third kappa shape index (κ3) is 3.00. The van der Waals surface area contributed by atoms with E-state index in [1.165, 1.54) is 13.0 Å². The predicted octanol–water partition coefficient (Wildman–Crippen LogP) is 2.51. The van der Waals surface area contributed by atoms with E-state index in [2.05, 4.69) is 16.8 Å². The van der Waals surface area contributed by atoms with E-state index in [-0.39, 0.29) is 5.56 Å². The standard InChI is InChI=1S/C17H20N2O2/c1-2-19-10-8-14(19)12-21-16-6-4-3-5-15(16)13-7-9-18-17(20)11-13/h3-7,9,11,14H,2,8,10,12H2,1H3,(H,18,20)/t14-/m0/s1. The Morgan fingerprint density at radius 2 is 2.19 bits per heavy atom. The Bertz CT molecular complexity index is 664. The van der Waals surface area contributed by atoms with Crippen molar-refractivity contribution in [2.45, 2.75) is 19.4 Å². The molecule has 4 heteroatoms. The van der Waals surface area contributed by atoms with Crippen LogP contribution in [-0.2, 0) is 0 Å². The van der Waals surface area contributed by atoms with Gasteiger partial charge >= 0.3 is 0 Å². The molecule has 4 nitrogen and oxygen atoms in total. The van der Waals surface area contributed by atoms with E-state index < -0.39 is 0 Å². The lowest BCUT2D eigenvalue weighted by atomic mass is 10.0. The van der Waals surface area contributed by atoms with E-state index >= 15 is 0 Å². The Labute approximate surface area is 124 Å². The molecule has 0 radical (unpaired) electrons. The summed E-state index contributed by atoms with van der Waals surface area (Å²) in [6, 6.07) is 11.9. The van der Waals surface area contributed by atoms with Gasteiger partial charge in [-0.05, 0) is 30.7 Å². The van der Waals surface area contributed by atoms with Crippen molar-refractivity contribution < 1.29 is 4.74 Å². The molecule has 1 aromatic heterocycles. The molecule has 0 aliphatic carbocycles. The molecule has 0 bridgehead atoms. The SMILES string of the molecule is CCN1CC[C@H]1COc1ccccc1-c1cc[nH]c(=O)c1. The number of H-pyrrole nitrogens is 1. The number of likely N-dealkylation sites (tertiary alicyclic amines) is 1. The number of pyridine rings is 1. The molecule has 0 amide bonds. The van der Waals surface area contributed by atoms with Crippen LogP contribution in [0.2, 0.25) is 0 Å². The van der Waals surface area contributed by atoms with Crippen LogP contribution in [0.15, 0.2) is 47.4 Å². The monoisotopic (exact) mass is 284 g/mol. The van der Waals surface area contributed by atoms with Gasteiger partial charge in [0.25, 0.3) is 0 Å². The predicted molar refractivity (Wildman–Crippen MR) is 83.6 cm³/mol. The molecule has 2 heterocycles. The highest BCUT2D eigenvalue weighted by Crippen LogP contribution is 2.29. The summed E-state index contributed by atoms with van der Waals surface area (Å²) in [7, 11) is 0. The number of aromatic amines is 1. The average Bonchev–Trinajstić information content (AvgIpc) is 2.47. The summed E-state index contributed by atoms with van der Waals surface area (Å²) in [5, 5.41) is 0. The normalized spacial score (nSPS) is 18.2. The minimum Gasteiger partial charge on any atom is -0.491 e. The Hall–Kier alpha value is -2.07. The zero-order chi connectivity index (χ0) is 14.7. The molecule has 1 saturated heterocycles. The number of nitrogens with zero attached hydrogens (tertiary/aromatic N) is 1. The smallest absolute Gasteiger partial charge is 0.248 e. The van der Waals surface area contributed by atoms with Crippen LogP contribution in [0.1, 0.15) is 13.3 Å². The van der Waals surface area contributed by atoms with Gasteiger partial charge in [-0.25, -0.2) is 0 Å². The number of rotatable bonds is 5. The van der Waals surface area contributed by atoms with E-state index in [4.69, 9.17) is 4.74 Å². The molecule has 1 N–H and O–H groups in total. The summed E-state index contributed by atoms with van der Waals surface area (Å²) < 4.78 is 6.01. The number of hydrogen-bond acceptors (Lipinski definition) is 3. The van der Waals surface area contributed by atoms with Crippen LogP contribution in [0.4, 0.5) is 0 Å². The quantitative estimate of drug-likeness (QED) is 0.917. The van der Waals surface area contributed by atoms with Crippen molar-refractivity contribution in [1.82, 2.24) is 9.88 Å². The molecule has 110 valence electrons. The van der Waals surface area contributed by atoms with E-state index in [1.807, 2.05) is 30.3 Å². The van der Waals surface area contributed by atoms with Crippen LogP contribution in [0.25, 0.3) is 11.1 Å². The van der Waals surface area contributed by atoms with Crippen LogP contribution < -0.4 is 10.3 Å². The highest BCUT2D eigenvalue weighted by atomic mass is 16.5. The fourth-order valence-electron chi connectivity index (χ4n) is 2.73. The first-order chi connectivity index (χ1) is 10.3. The van der Waals surface area contributed by atoms with E-state index in [0.717, 1.165) is 23.4 Å². The van der Waals surface area contributed by atoms with Gasteiger partial charge in [-0.2, -0.15) is 0 Å². The van der Waals surface area contributed by atoms with Crippen molar-refractivity contribution in [3.8, 4) is 16.9 Å². The summed E-state index contributed by atoms with van der Waals surface area (Å²) in [5.41, 5.74) is 1.75. The maximum atomic E-state index is 11.5. The average molecular weight is 284 g/mol. The zero-order valence-electron chi connectivity index (χ0n) is 12.2. The maximum absolute atomic E-state index is 11.5. The molecular formula is C17H20N2O2. The Morgan fingerprint density at radius 3 is 2.90 bits per heavy atom. The molecule has 0 unspecified atom stereocenters. The minimum absolute atomic E-state index is 0.0987. The number of aromatic nitrogens is 1. The topological polar surface area (TPSA) is 45.3 Å². The molecule has 0 saturated carbocycles. The first-order valence-corrected chi connectivity index (χ1v) is 7.43. The van der Waals surface area contributed by atoms with Crippen LogP contribution in [0.3, 0.4) is 0 Å². The zero-order valence-corrected chi connectivity index (χ0v) is 12.2. The second kappa shape index (κ2) is 6.14. The van der Waals surface area contributed by atoms with Gasteiger partial charge in [0.1, 0.15) is 12.4 Å². The van der Waals surface area contributed by atoms with Gasteiger partial charge in [0.15, 0.2) is 0 Å². The molecule has 3 rings (SSSR count). The van der Waals surface area contributed by atoms with Crippen molar-refractivity contribution in [2.24, 2.45) is 0 Å². The third-order valence-corrected chi connectivity index (χ3v) is 4.08. The number of benzene rings is 1. The lowest BCUT2D eigenvalue weighted by Crippen LogP contribution is -2.50. The van der Waals surface area contributed by atoms with Crippen molar-refractivity contribution in [3.05, 3.63) is 52.9 Å². The summed E-state index contributed by atoms with van der Waals surface area (Å²) in [6.45, 7) is 5.12. The van der Waals surface area contributed by atoms with Crippen LogP contribution in [0, 0.1) is 0 Å². The van der Waals surface area contributed by atoms with Gasteiger partial charge in [0, 0.05) is 30.4 Å². The van der Waals surface area contributed by atoms with Gasteiger partial charge in [0.05, 0.1) is 0 Å². The van der Waals surface area contributed by atoms with E-state index in [9.17, 15) is 4.79 Å². The molecular weight excluding hydrogens is 264 g/mol. The lowest BCUT2D eigenvalue weighted by molar-refractivity contribution is 0.0563. The number of likely N-dealkylation sites (N-methyl/N-ethyl adjacent to an activating group) is 1. The fraction of sp³-hybridized carbons (Fsp3) is 0.353. The highest BCUT2D eigenvalue weighted by molar-refractivity contribution is 5.69. The number of nitrogens with one attached hydrogen (secondary N) is 1. The number of ether oxygens (including phenoxy) is 1. The van der Waals surface area contributed by atoms with Crippen molar-refractivity contribution in [1.29, 1.82) is 0 Å². The summed E-state index contributed by atoms with van der Waals surface area (Å²) in [4.78, 5) is 16.5. The summed E-state index contributed by atoms with van der Waals surface area (Å²) in [6.07, 6.45) is 2.86. The number of para-hydroxylation sites is 1. The summed E-state index contributed by atoms with van der Waals surface area (Å²) >= 11 is 0. The Kier molecular flexibility index (Phi) is 4.06. The first-order valence-electron chi connectivity index (χ1n) is 7.43. The van der Waals surface area contributed by atoms with Crippen LogP contribution >= 0.6 is 0 Å². The molecule has 0 spiro atoms. The van der Waals surface area contributed by atoms with Gasteiger partial charge in [-0.1, -0.05) is 25.1 Å². The van der Waals surface area contributed by atoms with Crippen LogP contribution in [-0.4, -0.2) is 35.6 Å². The Morgan fingerprint density at radius 1 is 1.33 bits per heavy atom. The molecule has 1 aliphatic rings. The van der Waals surface area contributed by atoms with Crippen molar-refractivity contribution >= 4 is 0 Å². The largest absolute Gasteiger partial charge is 0.491 e. The van der Waals surface area contributed by atoms with Crippen LogP contribution in [0.5, 0.6) is 5.75 Å². The number of hydrogen-bond donors (Lipinski definition) is 1.